The molecule has 0 unspecified atom stereocenters. The molecule has 0 saturated heterocycles. The molecule has 3 rings (SSSR count). The number of aromatic nitrogens is 2. The van der Waals surface area contributed by atoms with E-state index in [4.69, 9.17) is 9.26 Å². The Morgan fingerprint density at radius 1 is 1.29 bits per heavy atom. The summed E-state index contributed by atoms with van der Waals surface area (Å²) in [5, 5.41) is 9.60. The van der Waals surface area contributed by atoms with Crippen LogP contribution in [0, 0.1) is 6.92 Å². The van der Waals surface area contributed by atoms with Crippen LogP contribution in [-0.4, -0.2) is 40.6 Å². The van der Waals surface area contributed by atoms with Crippen LogP contribution in [0.15, 0.2) is 41.1 Å². The summed E-state index contributed by atoms with van der Waals surface area (Å²) >= 11 is 0. The number of carbonyl (C=O) groups excluding carboxylic acids is 3. The van der Waals surface area contributed by atoms with E-state index in [-0.39, 0.29) is 18.1 Å². The fraction of sp³-hybridized carbons (Fsp3) is 0.263. The lowest BCUT2D eigenvalue weighted by molar-refractivity contribution is -0.150. The fourth-order valence-corrected chi connectivity index (χ4v) is 2.80. The second-order valence-corrected chi connectivity index (χ2v) is 6.30. The van der Waals surface area contributed by atoms with Gasteiger partial charge in [-0.2, -0.15) is 0 Å². The summed E-state index contributed by atoms with van der Waals surface area (Å²) in [6.45, 7) is 2.50. The standard InChI is InChI=1S/C19H20N4O5/c1-11-7-17(23-28-11)22-18(25)10-27-19(26)16(21-12(2)24)8-13-9-20-15-6-4-3-5-14(13)15/h3-7,9,16,20H,8,10H2,1-2H3,(H,21,24)(H,22,23,25)/t16-/m0/s1. The fourth-order valence-electron chi connectivity index (χ4n) is 2.80. The van der Waals surface area contributed by atoms with Crippen LogP contribution in [0.5, 0.6) is 0 Å². The van der Waals surface area contributed by atoms with E-state index in [1.165, 1.54) is 13.0 Å². The van der Waals surface area contributed by atoms with Crippen molar-refractivity contribution in [2.45, 2.75) is 26.3 Å². The highest BCUT2D eigenvalue weighted by atomic mass is 16.5. The molecule has 0 radical (unpaired) electrons. The van der Waals surface area contributed by atoms with Crippen LogP contribution in [0.4, 0.5) is 5.82 Å². The molecule has 0 fully saturated rings. The van der Waals surface area contributed by atoms with E-state index in [9.17, 15) is 14.4 Å². The molecular formula is C19H20N4O5. The van der Waals surface area contributed by atoms with E-state index in [2.05, 4.69) is 20.8 Å². The van der Waals surface area contributed by atoms with Gasteiger partial charge in [-0.05, 0) is 18.6 Å². The molecule has 0 aliphatic rings. The Labute approximate surface area is 160 Å². The zero-order valence-corrected chi connectivity index (χ0v) is 15.4. The van der Waals surface area contributed by atoms with Crippen LogP contribution < -0.4 is 10.6 Å². The first-order valence-electron chi connectivity index (χ1n) is 8.64. The van der Waals surface area contributed by atoms with E-state index in [1.54, 1.807) is 13.1 Å². The summed E-state index contributed by atoms with van der Waals surface area (Å²) in [5.41, 5.74) is 1.78. The van der Waals surface area contributed by atoms with Crippen LogP contribution in [0.1, 0.15) is 18.2 Å². The van der Waals surface area contributed by atoms with Crippen LogP contribution in [0.2, 0.25) is 0 Å². The number of rotatable bonds is 7. The number of H-pyrrole nitrogens is 1. The lowest BCUT2D eigenvalue weighted by atomic mass is 10.0. The number of anilines is 1. The van der Waals surface area contributed by atoms with Crippen molar-refractivity contribution in [1.82, 2.24) is 15.5 Å². The molecule has 0 aliphatic carbocycles. The highest BCUT2D eigenvalue weighted by molar-refractivity contribution is 5.93. The number of hydrogen-bond acceptors (Lipinski definition) is 6. The highest BCUT2D eigenvalue weighted by Gasteiger charge is 2.24. The number of para-hydroxylation sites is 1. The van der Waals surface area contributed by atoms with E-state index >= 15 is 0 Å². The Morgan fingerprint density at radius 3 is 2.79 bits per heavy atom. The molecule has 1 atom stereocenters. The number of aryl methyl sites for hydroxylation is 1. The van der Waals surface area contributed by atoms with Gasteiger partial charge in [0, 0.05) is 36.5 Å². The van der Waals surface area contributed by atoms with Gasteiger partial charge in [0.05, 0.1) is 0 Å². The van der Waals surface area contributed by atoms with Crippen LogP contribution in [0.25, 0.3) is 10.9 Å². The molecule has 0 aliphatic heterocycles. The first kappa shape index (κ1) is 19.2. The summed E-state index contributed by atoms with van der Waals surface area (Å²) in [5.74, 6) is -0.862. The maximum atomic E-state index is 12.4. The number of nitrogens with one attached hydrogen (secondary N) is 3. The van der Waals surface area contributed by atoms with E-state index in [1.807, 2.05) is 24.3 Å². The van der Waals surface area contributed by atoms with Gasteiger partial charge in [0.15, 0.2) is 12.4 Å². The largest absolute Gasteiger partial charge is 0.454 e. The molecule has 146 valence electrons. The number of carbonyl (C=O) groups is 3. The predicted molar refractivity (Wildman–Crippen MR) is 100 cm³/mol. The minimum Gasteiger partial charge on any atom is -0.454 e. The topological polar surface area (TPSA) is 126 Å². The zero-order chi connectivity index (χ0) is 20.1. The van der Waals surface area contributed by atoms with Crippen LogP contribution >= 0.6 is 0 Å². The molecule has 0 bridgehead atoms. The Bertz CT molecular complexity index is 1010. The zero-order valence-electron chi connectivity index (χ0n) is 15.4. The summed E-state index contributed by atoms with van der Waals surface area (Å²) in [4.78, 5) is 39.0. The Morgan fingerprint density at radius 2 is 2.07 bits per heavy atom. The van der Waals surface area contributed by atoms with E-state index in [0.717, 1.165) is 16.5 Å². The van der Waals surface area contributed by atoms with Gasteiger partial charge in [-0.3, -0.25) is 9.59 Å². The second-order valence-electron chi connectivity index (χ2n) is 6.30. The number of ether oxygens (including phenoxy) is 1. The number of benzene rings is 1. The van der Waals surface area contributed by atoms with E-state index < -0.39 is 24.5 Å². The summed E-state index contributed by atoms with van der Waals surface area (Å²) in [6, 6.07) is 8.25. The lowest BCUT2D eigenvalue weighted by Crippen LogP contribution is -2.43. The normalized spacial score (nSPS) is 11.8. The van der Waals surface area contributed by atoms with Crippen molar-refractivity contribution in [3.05, 3.63) is 47.9 Å². The SMILES string of the molecule is CC(=O)N[C@@H](Cc1c[nH]c2ccccc12)C(=O)OCC(=O)Nc1cc(C)on1. The maximum absolute atomic E-state index is 12.4. The third kappa shape index (κ3) is 4.76. The average Bonchev–Trinajstić information content (AvgIpc) is 3.25. The monoisotopic (exact) mass is 384 g/mol. The Balaban J connectivity index is 1.62. The van der Waals surface area contributed by atoms with Gasteiger partial charge in [-0.15, -0.1) is 0 Å². The number of esters is 1. The van der Waals surface area contributed by atoms with Crippen LogP contribution in [0.3, 0.4) is 0 Å². The van der Waals surface area contributed by atoms with Crippen molar-refractivity contribution in [3.8, 4) is 0 Å². The van der Waals surface area contributed by atoms with Crippen molar-refractivity contribution in [2.75, 3.05) is 11.9 Å². The highest BCUT2D eigenvalue weighted by Crippen LogP contribution is 2.19. The van der Waals surface area contributed by atoms with Gasteiger partial charge in [0.25, 0.3) is 5.91 Å². The molecule has 2 heterocycles. The maximum Gasteiger partial charge on any atom is 0.329 e. The number of aromatic amines is 1. The third-order valence-electron chi connectivity index (χ3n) is 4.00. The van der Waals surface area contributed by atoms with Gasteiger partial charge in [-0.25, -0.2) is 4.79 Å². The smallest absolute Gasteiger partial charge is 0.329 e. The number of nitrogens with zero attached hydrogens (tertiary/aromatic N) is 1. The summed E-state index contributed by atoms with van der Waals surface area (Å²) in [7, 11) is 0. The molecule has 3 N–H and O–H groups in total. The molecule has 2 amide bonds. The molecule has 0 saturated carbocycles. The first-order valence-corrected chi connectivity index (χ1v) is 8.64. The number of fused-ring (bicyclic) bond motifs is 1. The molecule has 0 spiro atoms. The van der Waals surface area contributed by atoms with Crippen molar-refractivity contribution >= 4 is 34.5 Å². The second kappa shape index (κ2) is 8.38. The Hall–Kier alpha value is -3.62. The quantitative estimate of drug-likeness (QED) is 0.532. The third-order valence-corrected chi connectivity index (χ3v) is 4.00. The molecule has 9 heteroatoms. The Kier molecular flexibility index (Phi) is 5.73. The average molecular weight is 384 g/mol. The van der Waals surface area contributed by atoms with Crippen molar-refractivity contribution in [3.63, 3.8) is 0 Å². The first-order chi connectivity index (χ1) is 13.4. The van der Waals surface area contributed by atoms with Gasteiger partial charge in [0.2, 0.25) is 5.91 Å². The van der Waals surface area contributed by atoms with Crippen molar-refractivity contribution < 1.29 is 23.6 Å². The number of amides is 2. The van der Waals surface area contributed by atoms with Crippen molar-refractivity contribution in [2.24, 2.45) is 0 Å². The van der Waals surface area contributed by atoms with Gasteiger partial charge in [0.1, 0.15) is 11.8 Å². The van der Waals surface area contributed by atoms with Crippen LogP contribution in [-0.2, 0) is 25.5 Å². The minimum atomic E-state index is -0.918. The minimum absolute atomic E-state index is 0.229. The van der Waals surface area contributed by atoms with Gasteiger partial charge >= 0.3 is 5.97 Å². The lowest BCUT2D eigenvalue weighted by Gasteiger charge is -2.16. The molecule has 1 aromatic carbocycles. The van der Waals surface area contributed by atoms with Gasteiger partial charge < -0.3 is 24.9 Å². The predicted octanol–water partition coefficient (Wildman–Crippen LogP) is 1.69. The van der Waals surface area contributed by atoms with Gasteiger partial charge in [-0.1, -0.05) is 23.4 Å². The molecule has 28 heavy (non-hydrogen) atoms. The van der Waals surface area contributed by atoms with Crippen molar-refractivity contribution in [1.29, 1.82) is 0 Å². The molecule has 3 aromatic rings. The summed E-state index contributed by atoms with van der Waals surface area (Å²) in [6.07, 6.45) is 2.01. The molecule has 2 aromatic heterocycles. The van der Waals surface area contributed by atoms with E-state index in [0.29, 0.717) is 5.76 Å². The number of hydrogen-bond donors (Lipinski definition) is 3. The molecular weight excluding hydrogens is 364 g/mol. The molecule has 9 nitrogen and oxygen atoms in total. The summed E-state index contributed by atoms with van der Waals surface area (Å²) < 4.78 is 9.92.